The summed E-state index contributed by atoms with van der Waals surface area (Å²) in [6.45, 7) is 6.63. The molecule has 0 fully saturated rings. The van der Waals surface area contributed by atoms with E-state index in [0.717, 1.165) is 83.5 Å². The first-order chi connectivity index (χ1) is 38.5. The standard InChI is InChI=1S/C72H130O6/c1-4-7-10-13-16-19-22-25-28-30-32-34-36-38-40-42-44-47-50-53-56-59-62-65-71(74)77-68-69(67-76-70(73)64-61-58-55-52-49-46-27-24-21-18-15-12-9-6-3)78-72(75)66-63-60-57-54-51-48-45-43-41-39-37-35-33-31-29-26-23-20-17-14-11-8-5-2/h15,18,22,24-25,27,30-33,69H,4-14,16-17,19-21,23,26,28-29,34-68H2,1-3H3/b18-15-,25-22-,27-24-,32-30-,33-31-. The summed E-state index contributed by atoms with van der Waals surface area (Å²) < 4.78 is 17.0. The Labute approximate surface area is 485 Å². The molecule has 1 unspecified atom stereocenters. The van der Waals surface area contributed by atoms with E-state index in [-0.39, 0.29) is 31.1 Å². The van der Waals surface area contributed by atoms with Crippen LogP contribution in [-0.4, -0.2) is 37.2 Å². The zero-order chi connectivity index (χ0) is 56.4. The molecule has 0 bridgehead atoms. The SMILES string of the molecule is CCCC/C=C\C/C=C\CCCCCCCC(=O)OCC(COC(=O)CCCCCCCCCCCCC/C=C\C/C=C\CCCCCCC)OC(=O)CCCCCCCCCCCCC/C=C\CCCCCCCCCC. The van der Waals surface area contributed by atoms with E-state index in [0.29, 0.717) is 19.3 Å². The molecule has 1 atom stereocenters. The molecule has 0 aromatic heterocycles. The zero-order valence-electron chi connectivity index (χ0n) is 52.2. The van der Waals surface area contributed by atoms with Crippen molar-refractivity contribution in [2.75, 3.05) is 13.2 Å². The number of ether oxygens (including phenoxy) is 3. The van der Waals surface area contributed by atoms with E-state index in [1.165, 1.54) is 238 Å². The minimum Gasteiger partial charge on any atom is -0.462 e. The largest absolute Gasteiger partial charge is 0.462 e. The van der Waals surface area contributed by atoms with Gasteiger partial charge in [-0.3, -0.25) is 14.4 Å². The fraction of sp³-hybridized carbons (Fsp3) is 0.819. The van der Waals surface area contributed by atoms with E-state index in [9.17, 15) is 14.4 Å². The topological polar surface area (TPSA) is 78.9 Å². The number of hydrogen-bond donors (Lipinski definition) is 0. The van der Waals surface area contributed by atoms with Crippen molar-refractivity contribution < 1.29 is 28.6 Å². The summed E-state index contributed by atoms with van der Waals surface area (Å²) in [4.78, 5) is 38.4. The van der Waals surface area contributed by atoms with E-state index >= 15 is 0 Å². The Morgan fingerprint density at radius 1 is 0.256 bits per heavy atom. The quantitative estimate of drug-likeness (QED) is 0.0261. The zero-order valence-corrected chi connectivity index (χ0v) is 52.2. The molecule has 0 heterocycles. The lowest BCUT2D eigenvalue weighted by atomic mass is 10.0. The maximum absolute atomic E-state index is 12.9. The highest BCUT2D eigenvalue weighted by atomic mass is 16.6. The maximum atomic E-state index is 12.9. The van der Waals surface area contributed by atoms with Crippen molar-refractivity contribution in [3.63, 3.8) is 0 Å². The number of carbonyl (C=O) groups is 3. The first-order valence-electron chi connectivity index (χ1n) is 34.3. The van der Waals surface area contributed by atoms with E-state index < -0.39 is 6.10 Å². The Hall–Kier alpha value is -2.89. The summed E-state index contributed by atoms with van der Waals surface area (Å²) in [6, 6.07) is 0. The van der Waals surface area contributed by atoms with Crippen LogP contribution < -0.4 is 0 Å². The third-order valence-corrected chi connectivity index (χ3v) is 15.2. The van der Waals surface area contributed by atoms with Crippen LogP contribution in [0.5, 0.6) is 0 Å². The Morgan fingerprint density at radius 3 is 0.756 bits per heavy atom. The molecule has 0 saturated carbocycles. The number of esters is 3. The van der Waals surface area contributed by atoms with E-state index in [2.05, 4.69) is 81.5 Å². The van der Waals surface area contributed by atoms with E-state index in [1.807, 2.05) is 0 Å². The highest BCUT2D eigenvalue weighted by molar-refractivity contribution is 5.71. The predicted octanol–water partition coefficient (Wildman–Crippen LogP) is 23.5. The second-order valence-electron chi connectivity index (χ2n) is 23.1. The molecule has 6 nitrogen and oxygen atoms in total. The second-order valence-corrected chi connectivity index (χ2v) is 23.1. The monoisotopic (exact) mass is 1090 g/mol. The molecule has 0 radical (unpaired) electrons. The molecule has 6 heteroatoms. The molecule has 0 aliphatic rings. The van der Waals surface area contributed by atoms with Crippen LogP contribution in [0.4, 0.5) is 0 Å². The number of allylic oxidation sites excluding steroid dienone is 10. The van der Waals surface area contributed by atoms with Crippen molar-refractivity contribution in [1.29, 1.82) is 0 Å². The highest BCUT2D eigenvalue weighted by Gasteiger charge is 2.19. The predicted molar refractivity (Wildman–Crippen MR) is 339 cm³/mol. The van der Waals surface area contributed by atoms with Gasteiger partial charge in [0.25, 0.3) is 0 Å². The van der Waals surface area contributed by atoms with E-state index in [1.54, 1.807) is 0 Å². The van der Waals surface area contributed by atoms with Crippen LogP contribution in [0.15, 0.2) is 60.8 Å². The Balaban J connectivity index is 4.30. The first-order valence-corrected chi connectivity index (χ1v) is 34.3. The van der Waals surface area contributed by atoms with Gasteiger partial charge in [0.1, 0.15) is 13.2 Å². The Bertz CT molecular complexity index is 1390. The number of rotatable bonds is 63. The van der Waals surface area contributed by atoms with Crippen molar-refractivity contribution in [2.24, 2.45) is 0 Å². The van der Waals surface area contributed by atoms with Crippen LogP contribution in [-0.2, 0) is 28.6 Å². The van der Waals surface area contributed by atoms with Crippen molar-refractivity contribution >= 4 is 17.9 Å². The van der Waals surface area contributed by atoms with E-state index in [4.69, 9.17) is 14.2 Å². The van der Waals surface area contributed by atoms with Crippen LogP contribution in [0.3, 0.4) is 0 Å². The van der Waals surface area contributed by atoms with Gasteiger partial charge < -0.3 is 14.2 Å². The number of hydrogen-bond acceptors (Lipinski definition) is 6. The smallest absolute Gasteiger partial charge is 0.306 e. The third-order valence-electron chi connectivity index (χ3n) is 15.2. The normalized spacial score (nSPS) is 12.4. The summed E-state index contributed by atoms with van der Waals surface area (Å²) in [5.74, 6) is -0.875. The molecule has 0 aromatic carbocycles. The van der Waals surface area contributed by atoms with Crippen LogP contribution in [0.2, 0.25) is 0 Å². The van der Waals surface area contributed by atoms with Gasteiger partial charge in [0.05, 0.1) is 0 Å². The number of unbranched alkanes of at least 4 members (excludes halogenated alkanes) is 42. The minimum absolute atomic E-state index is 0.0778. The Morgan fingerprint density at radius 2 is 0.474 bits per heavy atom. The molecule has 0 rings (SSSR count). The first kappa shape index (κ1) is 75.1. The summed E-state index contributed by atoms with van der Waals surface area (Å²) in [5, 5.41) is 0. The molecular weight excluding hydrogens is 961 g/mol. The van der Waals surface area contributed by atoms with Gasteiger partial charge in [-0.2, -0.15) is 0 Å². The van der Waals surface area contributed by atoms with Crippen LogP contribution in [0.25, 0.3) is 0 Å². The molecule has 0 aliphatic heterocycles. The number of carbonyl (C=O) groups excluding carboxylic acids is 3. The molecular formula is C72H130O6. The fourth-order valence-corrected chi connectivity index (χ4v) is 10.0. The molecule has 0 aromatic rings. The van der Waals surface area contributed by atoms with Crippen molar-refractivity contribution in [3.8, 4) is 0 Å². The average molecular weight is 1090 g/mol. The second kappa shape index (κ2) is 66.6. The minimum atomic E-state index is -0.782. The van der Waals surface area contributed by atoms with Gasteiger partial charge >= 0.3 is 17.9 Å². The fourth-order valence-electron chi connectivity index (χ4n) is 10.0. The van der Waals surface area contributed by atoms with Gasteiger partial charge in [-0.05, 0) is 103 Å². The van der Waals surface area contributed by atoms with Crippen molar-refractivity contribution in [2.45, 2.75) is 367 Å². The molecule has 0 N–H and O–H groups in total. The summed E-state index contributed by atoms with van der Waals surface area (Å²) in [5.41, 5.74) is 0. The van der Waals surface area contributed by atoms with Crippen molar-refractivity contribution in [1.82, 2.24) is 0 Å². The van der Waals surface area contributed by atoms with Crippen LogP contribution in [0, 0.1) is 0 Å². The lowest BCUT2D eigenvalue weighted by molar-refractivity contribution is -0.167. The van der Waals surface area contributed by atoms with Gasteiger partial charge in [0.15, 0.2) is 6.10 Å². The summed E-state index contributed by atoms with van der Waals surface area (Å²) in [6.07, 6.45) is 85.2. The van der Waals surface area contributed by atoms with Crippen LogP contribution in [0.1, 0.15) is 361 Å². The molecule has 0 aliphatic carbocycles. The van der Waals surface area contributed by atoms with Gasteiger partial charge in [-0.15, -0.1) is 0 Å². The third kappa shape index (κ3) is 63.9. The average Bonchev–Trinajstić information content (AvgIpc) is 3.44. The Kier molecular flexibility index (Phi) is 64.2. The lowest BCUT2D eigenvalue weighted by Gasteiger charge is -2.18. The molecule has 0 saturated heterocycles. The highest BCUT2D eigenvalue weighted by Crippen LogP contribution is 2.17. The summed E-state index contributed by atoms with van der Waals surface area (Å²) in [7, 11) is 0. The van der Waals surface area contributed by atoms with Gasteiger partial charge in [0.2, 0.25) is 0 Å². The van der Waals surface area contributed by atoms with Gasteiger partial charge in [0, 0.05) is 19.3 Å². The molecule has 454 valence electrons. The van der Waals surface area contributed by atoms with Gasteiger partial charge in [-0.25, -0.2) is 0 Å². The van der Waals surface area contributed by atoms with Crippen molar-refractivity contribution in [3.05, 3.63) is 60.8 Å². The molecule has 0 amide bonds. The lowest BCUT2D eigenvalue weighted by Crippen LogP contribution is -2.30. The maximum Gasteiger partial charge on any atom is 0.306 e. The van der Waals surface area contributed by atoms with Gasteiger partial charge in [-0.1, -0.05) is 300 Å². The molecule has 78 heavy (non-hydrogen) atoms. The summed E-state index contributed by atoms with van der Waals surface area (Å²) >= 11 is 0. The molecule has 0 spiro atoms. The van der Waals surface area contributed by atoms with Crippen LogP contribution >= 0.6 is 0 Å².